The van der Waals surface area contributed by atoms with Crippen molar-refractivity contribution in [2.24, 2.45) is 17.8 Å². The fraction of sp³-hybridized carbons (Fsp3) is 0.673. The molecule has 0 aromatic heterocycles. The van der Waals surface area contributed by atoms with E-state index in [9.17, 15) is 33.6 Å². The Morgan fingerprint density at radius 3 is 2.11 bits per heavy atom. The number of nitrogens with one attached hydrogen (secondary N) is 2. The van der Waals surface area contributed by atoms with Gasteiger partial charge in [0.05, 0.1) is 42.8 Å². The molecule has 1 aromatic carbocycles. The molecule has 0 saturated carbocycles. The maximum absolute atomic E-state index is 14.5. The molecule has 2 heterocycles. The maximum atomic E-state index is 14.5. The summed E-state index contributed by atoms with van der Waals surface area (Å²) in [4.78, 5) is 99.1. The Morgan fingerprint density at radius 1 is 0.909 bits per heavy atom. The quantitative estimate of drug-likeness (QED) is 0.0576. The number of likely N-dealkylation sites (tertiary alicyclic amines) is 1. The van der Waals surface area contributed by atoms with E-state index in [0.29, 0.717) is 50.1 Å². The molecule has 2 aliphatic heterocycles. The summed E-state index contributed by atoms with van der Waals surface area (Å²) >= 11 is 5.87. The van der Waals surface area contributed by atoms with Gasteiger partial charge in [0.25, 0.3) is 11.8 Å². The lowest BCUT2D eigenvalue weighted by Gasteiger charge is -2.41. The summed E-state index contributed by atoms with van der Waals surface area (Å²) in [5.41, 5.74) is -0.365. The number of benzene rings is 1. The summed E-state index contributed by atoms with van der Waals surface area (Å²) in [7, 11) is 7.71. The monoisotopic (exact) mass is 941 g/mol. The number of methoxy groups -OCH3 is 3. The Hall–Kier alpha value is -4.74. The third kappa shape index (κ3) is 14.4. The second kappa shape index (κ2) is 26.0. The Bertz CT molecular complexity index is 1860. The third-order valence-corrected chi connectivity index (χ3v) is 14.0. The fourth-order valence-electron chi connectivity index (χ4n) is 8.85. The molecule has 1 fully saturated rings. The highest BCUT2D eigenvalue weighted by Gasteiger charge is 2.44. The molecule has 66 heavy (non-hydrogen) atoms. The number of likely N-dealkylation sites (N-methyl/N-ethyl adjacent to an activating group) is 2. The molecular weight excluding hydrogens is 865 g/mol. The normalized spacial score (nSPS) is 18.3. The maximum Gasteiger partial charge on any atom is 0.328 e. The molecule has 6 amide bonds. The molecular formula is C49H76N6O10S. The van der Waals surface area contributed by atoms with E-state index in [4.69, 9.17) is 26.4 Å². The molecule has 16 nitrogen and oxygen atoms in total. The van der Waals surface area contributed by atoms with Crippen molar-refractivity contribution in [2.45, 2.75) is 148 Å². The van der Waals surface area contributed by atoms with E-state index in [1.165, 1.54) is 36.2 Å². The average Bonchev–Trinajstić information content (AvgIpc) is 3.91. The summed E-state index contributed by atoms with van der Waals surface area (Å²) in [5.74, 6) is -3.17. The van der Waals surface area contributed by atoms with Crippen LogP contribution in [0.4, 0.5) is 0 Å². The van der Waals surface area contributed by atoms with Gasteiger partial charge in [0.15, 0.2) is 0 Å². The molecule has 17 heteroatoms. The molecule has 1 aromatic rings. The summed E-state index contributed by atoms with van der Waals surface area (Å²) < 4.78 is 17.2. The van der Waals surface area contributed by atoms with Crippen LogP contribution < -0.4 is 10.6 Å². The van der Waals surface area contributed by atoms with E-state index in [1.807, 2.05) is 69.9 Å². The van der Waals surface area contributed by atoms with Gasteiger partial charge in [0.2, 0.25) is 23.6 Å². The zero-order valence-corrected chi connectivity index (χ0v) is 42.1. The molecule has 2 aliphatic rings. The van der Waals surface area contributed by atoms with Crippen molar-refractivity contribution in [3.05, 3.63) is 48.0 Å². The number of rotatable bonds is 26. The smallest absolute Gasteiger partial charge is 0.328 e. The van der Waals surface area contributed by atoms with Crippen molar-refractivity contribution >= 4 is 58.6 Å². The fourth-order valence-corrected chi connectivity index (χ4v) is 9.13. The van der Waals surface area contributed by atoms with Gasteiger partial charge in [0.1, 0.15) is 17.6 Å². The molecule has 0 spiro atoms. The second-order valence-corrected chi connectivity index (χ2v) is 19.0. The SMILES string of the molecule is CCC(C)C(C(CC(=O)N1CCC[C@H]1C(OC)C(C)C(=S)NC(Cc1ccccc1)C(=O)OC)OC)N(C)C(=O)C(NC(=O)C(C)(C)N(C)C(=O)CCCCCN1C(=O)C=CC1=O)C(C)C. The van der Waals surface area contributed by atoms with Crippen LogP contribution in [0.25, 0.3) is 0 Å². The second-order valence-electron chi connectivity index (χ2n) is 18.5. The molecule has 0 aliphatic carbocycles. The lowest BCUT2D eigenvalue weighted by Crippen LogP contribution is -2.62. The first-order valence-corrected chi connectivity index (χ1v) is 23.7. The van der Waals surface area contributed by atoms with Crippen molar-refractivity contribution in [3.8, 4) is 0 Å². The highest BCUT2D eigenvalue weighted by molar-refractivity contribution is 7.80. The van der Waals surface area contributed by atoms with Crippen LogP contribution in [0.1, 0.15) is 105 Å². The van der Waals surface area contributed by atoms with Crippen molar-refractivity contribution < 1.29 is 47.8 Å². The Balaban J connectivity index is 1.70. The van der Waals surface area contributed by atoms with Crippen LogP contribution in [0.3, 0.4) is 0 Å². The number of carbonyl (C=O) groups excluding carboxylic acids is 7. The summed E-state index contributed by atoms with van der Waals surface area (Å²) in [6.45, 7) is 13.7. The number of nitrogens with zero attached hydrogens (tertiary/aromatic N) is 4. The van der Waals surface area contributed by atoms with Gasteiger partial charge in [-0.25, -0.2) is 4.79 Å². The van der Waals surface area contributed by atoms with E-state index in [-0.39, 0.29) is 72.7 Å². The van der Waals surface area contributed by atoms with Crippen molar-refractivity contribution in [2.75, 3.05) is 48.5 Å². The van der Waals surface area contributed by atoms with E-state index in [0.717, 1.165) is 12.0 Å². The van der Waals surface area contributed by atoms with Crippen molar-refractivity contribution in [1.82, 2.24) is 30.2 Å². The number of hydrogen-bond acceptors (Lipinski definition) is 11. The number of ether oxygens (including phenoxy) is 3. The molecule has 0 radical (unpaired) electrons. The Kier molecular flexibility index (Phi) is 21.9. The van der Waals surface area contributed by atoms with Crippen molar-refractivity contribution in [3.63, 3.8) is 0 Å². The van der Waals surface area contributed by atoms with Crippen LogP contribution in [0, 0.1) is 17.8 Å². The molecule has 368 valence electrons. The van der Waals surface area contributed by atoms with Crippen LogP contribution >= 0.6 is 12.2 Å². The van der Waals surface area contributed by atoms with Gasteiger partial charge in [-0.15, -0.1) is 0 Å². The lowest BCUT2D eigenvalue weighted by molar-refractivity contribution is -0.149. The van der Waals surface area contributed by atoms with E-state index >= 15 is 0 Å². The Morgan fingerprint density at radius 2 is 1.55 bits per heavy atom. The van der Waals surface area contributed by atoms with Gasteiger partial charge in [-0.3, -0.25) is 33.7 Å². The van der Waals surface area contributed by atoms with Crippen LogP contribution in [0.15, 0.2) is 42.5 Å². The molecule has 1 saturated heterocycles. The number of hydrogen-bond donors (Lipinski definition) is 2. The number of amides is 6. The number of carbonyl (C=O) groups is 7. The molecule has 8 atom stereocenters. The minimum absolute atomic E-state index is 0.0149. The van der Waals surface area contributed by atoms with E-state index < -0.39 is 47.7 Å². The third-order valence-electron chi connectivity index (χ3n) is 13.5. The van der Waals surface area contributed by atoms with Crippen LogP contribution in [-0.2, 0) is 54.2 Å². The van der Waals surface area contributed by atoms with Gasteiger partial charge >= 0.3 is 5.97 Å². The summed E-state index contributed by atoms with van der Waals surface area (Å²) in [6, 6.07) is 7.06. The number of unbranched alkanes of at least 4 members (excludes halogenated alkanes) is 2. The molecule has 3 rings (SSSR count). The van der Waals surface area contributed by atoms with Crippen molar-refractivity contribution in [1.29, 1.82) is 0 Å². The summed E-state index contributed by atoms with van der Waals surface area (Å²) in [5, 5.41) is 6.17. The minimum atomic E-state index is -1.31. The highest BCUT2D eigenvalue weighted by atomic mass is 32.1. The molecule has 2 N–H and O–H groups in total. The zero-order chi connectivity index (χ0) is 49.5. The van der Waals surface area contributed by atoms with Crippen LogP contribution in [-0.4, -0.2) is 156 Å². The van der Waals surface area contributed by atoms with E-state index in [1.54, 1.807) is 40.0 Å². The number of imide groups is 1. The largest absolute Gasteiger partial charge is 0.467 e. The van der Waals surface area contributed by atoms with E-state index in [2.05, 4.69) is 10.6 Å². The van der Waals surface area contributed by atoms with Gasteiger partial charge in [-0.1, -0.05) is 90.0 Å². The predicted octanol–water partition coefficient (Wildman–Crippen LogP) is 4.47. The first-order valence-electron chi connectivity index (χ1n) is 23.3. The lowest BCUT2D eigenvalue weighted by atomic mass is 9.89. The standard InChI is InChI=1S/C49H76N6O10S/c1-13-32(4)43(52(8)46(60)42(31(2)3)51-48(62)49(6,7)53(9)38(56)24-18-15-19-27-55-39(57)25-26-40(55)58)37(63-10)30-41(59)54-28-20-23-36(54)44(64-11)33(5)45(66)50-35(47(61)65-12)29-34-21-16-14-17-22-34/h14,16-17,21-22,25-26,31-33,35-37,42-44H,13,15,18-20,23-24,27-30H2,1-12H3,(H,50,66)(H,51,62)/t32?,33?,35?,36-,37?,42?,43?,44?/m0/s1. The highest BCUT2D eigenvalue weighted by Crippen LogP contribution is 2.30. The van der Waals surface area contributed by atoms with Gasteiger partial charge in [-0.2, -0.15) is 0 Å². The first-order chi connectivity index (χ1) is 31.2. The van der Waals surface area contributed by atoms with Gasteiger partial charge in [0, 0.05) is 72.3 Å². The summed E-state index contributed by atoms with van der Waals surface area (Å²) in [6.07, 6.45) is 5.61. The number of thiocarbonyl (C=S) groups is 1. The predicted molar refractivity (Wildman–Crippen MR) is 256 cm³/mol. The van der Waals surface area contributed by atoms with Crippen LogP contribution in [0.5, 0.6) is 0 Å². The van der Waals surface area contributed by atoms with Gasteiger partial charge < -0.3 is 39.5 Å². The zero-order valence-electron chi connectivity index (χ0n) is 41.3. The van der Waals surface area contributed by atoms with Crippen LogP contribution in [0.2, 0.25) is 0 Å². The van der Waals surface area contributed by atoms with Gasteiger partial charge in [-0.05, 0) is 56.9 Å². The average molecular weight is 941 g/mol. The molecule has 7 unspecified atom stereocenters. The Labute approximate surface area is 397 Å². The minimum Gasteiger partial charge on any atom is -0.467 e. The topological polar surface area (TPSA) is 184 Å². The number of esters is 1. The molecule has 0 bridgehead atoms. The first kappa shape index (κ1) is 55.6.